The second kappa shape index (κ2) is 4.31. The molecule has 2 N–H and O–H groups in total. The van der Waals surface area contributed by atoms with Crippen molar-refractivity contribution in [2.24, 2.45) is 0 Å². The lowest BCUT2D eigenvalue weighted by Crippen LogP contribution is -2.44. The van der Waals surface area contributed by atoms with E-state index in [0.717, 1.165) is 0 Å². The second-order valence-electron chi connectivity index (χ2n) is 3.41. The molecule has 1 unspecified atom stereocenters. The number of carbonyl (C=O) groups is 1. The molecule has 0 fully saturated rings. The Balaban J connectivity index is 3.18. The first-order valence-electron chi connectivity index (χ1n) is 4.61. The standard InChI is InChI=1S/C11H15NO3/c1-11(12-2,10(13)14)8-5-4-6-9(7-8)15-3/h4-7,12H,1-3H3,(H,13,14). The molecule has 0 aromatic heterocycles. The molecule has 4 heteroatoms. The van der Waals surface area contributed by atoms with Crippen LogP contribution in [-0.2, 0) is 10.3 Å². The van der Waals surface area contributed by atoms with E-state index >= 15 is 0 Å². The zero-order valence-corrected chi connectivity index (χ0v) is 9.07. The van der Waals surface area contributed by atoms with E-state index in [1.54, 1.807) is 45.3 Å². The molecule has 0 spiro atoms. The Labute approximate surface area is 88.9 Å². The quantitative estimate of drug-likeness (QED) is 0.782. The van der Waals surface area contributed by atoms with Gasteiger partial charge in [0.25, 0.3) is 0 Å². The zero-order valence-electron chi connectivity index (χ0n) is 9.07. The molecule has 1 aromatic rings. The van der Waals surface area contributed by atoms with Gasteiger partial charge in [-0.3, -0.25) is 0 Å². The fourth-order valence-corrected chi connectivity index (χ4v) is 1.31. The predicted octanol–water partition coefficient (Wildman–Crippen LogP) is 1.21. The van der Waals surface area contributed by atoms with Gasteiger partial charge in [-0.1, -0.05) is 12.1 Å². The van der Waals surface area contributed by atoms with Gasteiger partial charge >= 0.3 is 5.97 Å². The molecular weight excluding hydrogens is 194 g/mol. The van der Waals surface area contributed by atoms with Gasteiger partial charge < -0.3 is 15.2 Å². The van der Waals surface area contributed by atoms with Gasteiger partial charge in [0.1, 0.15) is 11.3 Å². The number of benzene rings is 1. The average Bonchev–Trinajstić information content (AvgIpc) is 2.27. The first-order chi connectivity index (χ1) is 7.04. The average molecular weight is 209 g/mol. The molecule has 0 saturated heterocycles. The van der Waals surface area contributed by atoms with Gasteiger partial charge in [0.15, 0.2) is 0 Å². The lowest BCUT2D eigenvalue weighted by molar-refractivity contribution is -0.144. The molecule has 0 heterocycles. The van der Waals surface area contributed by atoms with Crippen molar-refractivity contribution in [3.05, 3.63) is 29.8 Å². The van der Waals surface area contributed by atoms with E-state index in [1.165, 1.54) is 0 Å². The monoisotopic (exact) mass is 209 g/mol. The van der Waals surface area contributed by atoms with Gasteiger partial charge in [0.2, 0.25) is 0 Å². The minimum atomic E-state index is -1.09. The third-order valence-corrected chi connectivity index (χ3v) is 2.57. The number of nitrogens with one attached hydrogen (secondary N) is 1. The van der Waals surface area contributed by atoms with Crippen molar-refractivity contribution < 1.29 is 14.6 Å². The van der Waals surface area contributed by atoms with Crippen molar-refractivity contribution in [3.63, 3.8) is 0 Å². The summed E-state index contributed by atoms with van der Waals surface area (Å²) in [5.74, 6) is -0.270. The summed E-state index contributed by atoms with van der Waals surface area (Å²) in [5, 5.41) is 11.9. The maximum atomic E-state index is 11.1. The van der Waals surface area contributed by atoms with Crippen molar-refractivity contribution >= 4 is 5.97 Å². The number of hydrogen-bond acceptors (Lipinski definition) is 3. The van der Waals surface area contributed by atoms with Crippen molar-refractivity contribution in [1.82, 2.24) is 5.32 Å². The van der Waals surface area contributed by atoms with Gasteiger partial charge in [-0.25, -0.2) is 4.79 Å². The van der Waals surface area contributed by atoms with Crippen LogP contribution in [0.5, 0.6) is 5.75 Å². The van der Waals surface area contributed by atoms with E-state index in [-0.39, 0.29) is 0 Å². The molecule has 1 aromatic carbocycles. The number of ether oxygens (including phenoxy) is 1. The highest BCUT2D eigenvalue weighted by Gasteiger charge is 2.33. The summed E-state index contributed by atoms with van der Waals surface area (Å²) in [6.45, 7) is 1.62. The highest BCUT2D eigenvalue weighted by molar-refractivity contribution is 5.80. The Kier molecular flexibility index (Phi) is 3.31. The number of methoxy groups -OCH3 is 1. The van der Waals surface area contributed by atoms with Crippen LogP contribution in [0, 0.1) is 0 Å². The third-order valence-electron chi connectivity index (χ3n) is 2.57. The normalized spacial score (nSPS) is 14.3. The maximum absolute atomic E-state index is 11.1. The highest BCUT2D eigenvalue weighted by Crippen LogP contribution is 2.24. The summed E-state index contributed by atoms with van der Waals surface area (Å²) in [5.41, 5.74) is -0.425. The SMILES string of the molecule is CNC(C)(C(=O)O)c1cccc(OC)c1. The number of carboxylic acid groups (broad SMARTS) is 1. The number of rotatable bonds is 4. The van der Waals surface area contributed by atoms with Crippen molar-refractivity contribution in [2.45, 2.75) is 12.5 Å². The van der Waals surface area contributed by atoms with Crippen LogP contribution in [0.25, 0.3) is 0 Å². The summed E-state index contributed by atoms with van der Waals surface area (Å²) >= 11 is 0. The lowest BCUT2D eigenvalue weighted by atomic mass is 9.92. The summed E-state index contributed by atoms with van der Waals surface area (Å²) < 4.78 is 5.05. The van der Waals surface area contributed by atoms with Crippen LogP contribution in [0.15, 0.2) is 24.3 Å². The van der Waals surface area contributed by atoms with Crippen molar-refractivity contribution in [3.8, 4) is 5.75 Å². The first kappa shape index (κ1) is 11.5. The van der Waals surface area contributed by atoms with E-state index in [9.17, 15) is 4.79 Å². The van der Waals surface area contributed by atoms with Crippen molar-refractivity contribution in [1.29, 1.82) is 0 Å². The summed E-state index contributed by atoms with van der Waals surface area (Å²) in [7, 11) is 3.17. The second-order valence-corrected chi connectivity index (χ2v) is 3.41. The fraction of sp³-hybridized carbons (Fsp3) is 0.364. The summed E-state index contributed by atoms with van der Waals surface area (Å²) in [6.07, 6.45) is 0. The van der Waals surface area contributed by atoms with Gasteiger partial charge in [-0.15, -0.1) is 0 Å². The van der Waals surface area contributed by atoms with Crippen LogP contribution < -0.4 is 10.1 Å². The number of likely N-dealkylation sites (N-methyl/N-ethyl adjacent to an activating group) is 1. The maximum Gasteiger partial charge on any atom is 0.328 e. The molecule has 0 aliphatic heterocycles. The van der Waals surface area contributed by atoms with E-state index in [1.807, 2.05) is 0 Å². The minimum absolute atomic E-state index is 0.648. The molecule has 4 nitrogen and oxygen atoms in total. The Hall–Kier alpha value is -1.55. The lowest BCUT2D eigenvalue weighted by Gasteiger charge is -2.24. The van der Waals surface area contributed by atoms with E-state index in [4.69, 9.17) is 9.84 Å². The Morgan fingerprint density at radius 1 is 1.53 bits per heavy atom. The number of carboxylic acids is 1. The van der Waals surface area contributed by atoms with Crippen LogP contribution in [-0.4, -0.2) is 25.2 Å². The van der Waals surface area contributed by atoms with Crippen LogP contribution >= 0.6 is 0 Å². The molecule has 0 saturated carbocycles. The van der Waals surface area contributed by atoms with Gasteiger partial charge in [0, 0.05) is 0 Å². The summed E-state index contributed by atoms with van der Waals surface area (Å²) in [6, 6.07) is 7.02. The molecule has 0 amide bonds. The Bertz CT molecular complexity index is 365. The van der Waals surface area contributed by atoms with E-state index < -0.39 is 11.5 Å². The first-order valence-corrected chi connectivity index (χ1v) is 4.61. The zero-order chi connectivity index (χ0) is 11.5. The molecule has 0 bridgehead atoms. The minimum Gasteiger partial charge on any atom is -0.497 e. The van der Waals surface area contributed by atoms with E-state index in [2.05, 4.69) is 5.32 Å². The molecule has 0 aliphatic carbocycles. The summed E-state index contributed by atoms with van der Waals surface area (Å²) in [4.78, 5) is 11.1. The highest BCUT2D eigenvalue weighted by atomic mass is 16.5. The molecule has 15 heavy (non-hydrogen) atoms. The predicted molar refractivity (Wildman–Crippen MR) is 57.0 cm³/mol. The van der Waals surface area contributed by atoms with Gasteiger partial charge in [0.05, 0.1) is 7.11 Å². The molecule has 1 rings (SSSR count). The van der Waals surface area contributed by atoms with Crippen LogP contribution in [0.2, 0.25) is 0 Å². The van der Waals surface area contributed by atoms with Gasteiger partial charge in [-0.05, 0) is 31.7 Å². The molecule has 0 aliphatic rings. The number of aliphatic carboxylic acids is 1. The van der Waals surface area contributed by atoms with Crippen molar-refractivity contribution in [2.75, 3.05) is 14.2 Å². The Morgan fingerprint density at radius 2 is 2.20 bits per heavy atom. The third kappa shape index (κ3) is 2.10. The fourth-order valence-electron chi connectivity index (χ4n) is 1.31. The Morgan fingerprint density at radius 3 is 2.67 bits per heavy atom. The smallest absolute Gasteiger partial charge is 0.328 e. The molecule has 0 radical (unpaired) electrons. The molecule has 82 valence electrons. The van der Waals surface area contributed by atoms with Crippen LogP contribution in [0.3, 0.4) is 0 Å². The molecular formula is C11H15NO3. The number of hydrogen-bond donors (Lipinski definition) is 2. The topological polar surface area (TPSA) is 58.6 Å². The largest absolute Gasteiger partial charge is 0.497 e. The van der Waals surface area contributed by atoms with Crippen LogP contribution in [0.1, 0.15) is 12.5 Å². The van der Waals surface area contributed by atoms with Gasteiger partial charge in [-0.2, -0.15) is 0 Å². The van der Waals surface area contributed by atoms with Crippen LogP contribution in [0.4, 0.5) is 0 Å². The molecule has 1 atom stereocenters. The van der Waals surface area contributed by atoms with E-state index in [0.29, 0.717) is 11.3 Å².